The van der Waals surface area contributed by atoms with Crippen LogP contribution in [0.2, 0.25) is 0 Å². The smallest absolute Gasteiger partial charge is 0.199 e. The first-order valence-corrected chi connectivity index (χ1v) is 13.7. The highest BCUT2D eigenvalue weighted by Crippen LogP contribution is 2.36. The van der Waals surface area contributed by atoms with Gasteiger partial charge in [0.1, 0.15) is 7.05 Å². The van der Waals surface area contributed by atoms with E-state index in [1.54, 1.807) is 0 Å². The number of halogens is 1. The van der Waals surface area contributed by atoms with Gasteiger partial charge < -0.3 is 4.90 Å². The minimum atomic E-state index is 0.672. The molecule has 4 unspecified atom stereocenters. The molecule has 2 fully saturated rings. The SMILES string of the molecule is CN1/C(=C/C=C2\CCCC(/C=C/C3=[N+](C)C4CCCCC4C=C3)=C2Cl)C=CC2CCCCC21. The second kappa shape index (κ2) is 10.2. The summed E-state index contributed by atoms with van der Waals surface area (Å²) in [4.78, 5) is 2.50. The molecule has 0 aromatic carbocycles. The number of hydrogen-bond acceptors (Lipinski definition) is 1. The first-order valence-electron chi connectivity index (χ1n) is 13.3. The van der Waals surface area contributed by atoms with Gasteiger partial charge in [-0.05, 0) is 74.2 Å². The summed E-state index contributed by atoms with van der Waals surface area (Å²) in [6.45, 7) is 0. The maximum Gasteiger partial charge on any atom is 0.199 e. The molecular weight excluding hydrogens is 424 g/mol. The minimum absolute atomic E-state index is 0.672. The molecule has 2 aliphatic heterocycles. The molecule has 3 heteroatoms. The van der Waals surface area contributed by atoms with E-state index in [1.165, 1.54) is 80.3 Å². The molecule has 2 heterocycles. The zero-order valence-electron chi connectivity index (χ0n) is 20.5. The predicted molar refractivity (Wildman–Crippen MR) is 141 cm³/mol. The molecule has 2 nitrogen and oxygen atoms in total. The van der Waals surface area contributed by atoms with Crippen LogP contribution in [0.4, 0.5) is 0 Å². The highest BCUT2D eigenvalue weighted by atomic mass is 35.5. The van der Waals surface area contributed by atoms with Crippen LogP contribution in [0.3, 0.4) is 0 Å². The lowest BCUT2D eigenvalue weighted by Crippen LogP contribution is -2.40. The Balaban J connectivity index is 1.33. The van der Waals surface area contributed by atoms with Crippen molar-refractivity contribution in [2.75, 3.05) is 14.1 Å². The molecule has 0 radical (unpaired) electrons. The van der Waals surface area contributed by atoms with E-state index < -0.39 is 0 Å². The maximum absolute atomic E-state index is 6.94. The van der Waals surface area contributed by atoms with E-state index in [2.05, 4.69) is 72.2 Å². The molecule has 0 bridgehead atoms. The quantitative estimate of drug-likeness (QED) is 0.398. The van der Waals surface area contributed by atoms with E-state index in [0.29, 0.717) is 12.1 Å². The Bertz CT molecular complexity index is 973. The molecule has 3 aliphatic carbocycles. The topological polar surface area (TPSA) is 6.25 Å². The van der Waals surface area contributed by atoms with Crippen LogP contribution in [0.1, 0.15) is 70.6 Å². The summed E-state index contributed by atoms with van der Waals surface area (Å²) in [7, 11) is 4.54. The Hall–Kier alpha value is -1.80. The summed E-state index contributed by atoms with van der Waals surface area (Å²) < 4.78 is 2.50. The van der Waals surface area contributed by atoms with Gasteiger partial charge in [-0.25, -0.2) is 4.58 Å². The fourth-order valence-corrected chi connectivity index (χ4v) is 6.99. The van der Waals surface area contributed by atoms with Crippen LogP contribution >= 0.6 is 11.6 Å². The number of allylic oxidation sites excluding steroid dienone is 9. The number of hydrogen-bond donors (Lipinski definition) is 0. The fraction of sp³-hybridized carbons (Fsp3) is 0.567. The lowest BCUT2D eigenvalue weighted by molar-refractivity contribution is -0.548. The van der Waals surface area contributed by atoms with Gasteiger partial charge in [-0.3, -0.25) is 0 Å². The zero-order valence-corrected chi connectivity index (χ0v) is 21.2. The third-order valence-electron chi connectivity index (χ3n) is 8.77. The average Bonchev–Trinajstić information content (AvgIpc) is 2.85. The van der Waals surface area contributed by atoms with E-state index in [1.807, 2.05) is 0 Å². The zero-order chi connectivity index (χ0) is 22.8. The van der Waals surface area contributed by atoms with Crippen LogP contribution < -0.4 is 0 Å². The van der Waals surface area contributed by atoms with Crippen molar-refractivity contribution < 1.29 is 4.58 Å². The van der Waals surface area contributed by atoms with E-state index in [-0.39, 0.29) is 0 Å². The molecule has 0 spiro atoms. The van der Waals surface area contributed by atoms with E-state index >= 15 is 0 Å². The maximum atomic E-state index is 6.94. The molecule has 33 heavy (non-hydrogen) atoms. The highest BCUT2D eigenvalue weighted by molar-refractivity contribution is 6.32. The van der Waals surface area contributed by atoms with Crippen LogP contribution in [0.25, 0.3) is 0 Å². The molecular formula is C30H40ClN2+. The summed E-state index contributed by atoms with van der Waals surface area (Å²) >= 11 is 6.94. The predicted octanol–water partition coefficient (Wildman–Crippen LogP) is 7.30. The second-order valence-corrected chi connectivity index (χ2v) is 11.1. The van der Waals surface area contributed by atoms with Crippen molar-refractivity contribution >= 4 is 17.3 Å². The lowest BCUT2D eigenvalue weighted by Gasteiger charge is -2.41. The molecule has 5 rings (SSSR count). The van der Waals surface area contributed by atoms with Crippen molar-refractivity contribution in [1.82, 2.24) is 4.90 Å². The summed E-state index contributed by atoms with van der Waals surface area (Å²) in [6.07, 6.45) is 32.8. The largest absolute Gasteiger partial charge is 0.371 e. The Kier molecular flexibility index (Phi) is 7.11. The summed E-state index contributed by atoms with van der Waals surface area (Å²) in [5.41, 5.74) is 5.22. The molecule has 0 aromatic heterocycles. The summed E-state index contributed by atoms with van der Waals surface area (Å²) in [5.74, 6) is 1.47. The number of fused-ring (bicyclic) bond motifs is 2. The fourth-order valence-electron chi connectivity index (χ4n) is 6.68. The summed E-state index contributed by atoms with van der Waals surface area (Å²) in [6, 6.07) is 1.34. The van der Waals surface area contributed by atoms with Gasteiger partial charge in [-0.15, -0.1) is 0 Å². The van der Waals surface area contributed by atoms with E-state index in [0.717, 1.165) is 29.7 Å². The molecule has 2 saturated carbocycles. The highest BCUT2D eigenvalue weighted by Gasteiger charge is 2.33. The van der Waals surface area contributed by atoms with E-state index in [4.69, 9.17) is 11.6 Å². The third-order valence-corrected chi connectivity index (χ3v) is 9.25. The van der Waals surface area contributed by atoms with Crippen LogP contribution in [0.5, 0.6) is 0 Å². The van der Waals surface area contributed by atoms with Crippen molar-refractivity contribution in [3.05, 3.63) is 70.5 Å². The van der Waals surface area contributed by atoms with Gasteiger partial charge in [-0.1, -0.05) is 55.2 Å². The molecule has 176 valence electrons. The number of likely N-dealkylation sites (N-methyl/N-ethyl adjacent to an activating group) is 1. The van der Waals surface area contributed by atoms with Crippen LogP contribution in [0, 0.1) is 11.8 Å². The Morgan fingerprint density at radius 3 is 2.52 bits per heavy atom. The van der Waals surface area contributed by atoms with Crippen molar-refractivity contribution in [2.24, 2.45) is 11.8 Å². The first kappa shape index (κ1) is 23.0. The van der Waals surface area contributed by atoms with Crippen molar-refractivity contribution in [3.8, 4) is 0 Å². The molecule has 4 atom stereocenters. The van der Waals surface area contributed by atoms with Gasteiger partial charge in [0.2, 0.25) is 0 Å². The van der Waals surface area contributed by atoms with Crippen molar-refractivity contribution in [2.45, 2.75) is 82.7 Å². The molecule has 0 N–H and O–H groups in total. The number of nitrogens with zero attached hydrogens (tertiary/aromatic N) is 2. The van der Waals surface area contributed by atoms with Gasteiger partial charge in [0.05, 0.1) is 0 Å². The Morgan fingerprint density at radius 1 is 0.879 bits per heavy atom. The van der Waals surface area contributed by atoms with Gasteiger partial charge in [0, 0.05) is 48.3 Å². The minimum Gasteiger partial charge on any atom is -0.371 e. The van der Waals surface area contributed by atoms with Crippen LogP contribution in [0.15, 0.2) is 70.5 Å². The summed E-state index contributed by atoms with van der Waals surface area (Å²) in [5, 5.41) is 0.964. The Morgan fingerprint density at radius 2 is 1.64 bits per heavy atom. The van der Waals surface area contributed by atoms with Crippen LogP contribution in [-0.2, 0) is 0 Å². The molecule has 0 saturated heterocycles. The van der Waals surface area contributed by atoms with Crippen molar-refractivity contribution in [3.63, 3.8) is 0 Å². The Labute approximate surface area is 205 Å². The van der Waals surface area contributed by atoms with Gasteiger partial charge in [0.25, 0.3) is 0 Å². The normalized spacial score (nSPS) is 35.1. The molecule has 0 aromatic rings. The van der Waals surface area contributed by atoms with Crippen LogP contribution in [-0.4, -0.2) is 41.4 Å². The third kappa shape index (κ3) is 4.87. The first-order chi connectivity index (χ1) is 16.1. The monoisotopic (exact) mass is 463 g/mol. The average molecular weight is 464 g/mol. The molecule has 0 amide bonds. The second-order valence-electron chi connectivity index (χ2n) is 10.7. The van der Waals surface area contributed by atoms with Gasteiger partial charge >= 0.3 is 0 Å². The van der Waals surface area contributed by atoms with Gasteiger partial charge in [-0.2, -0.15) is 0 Å². The van der Waals surface area contributed by atoms with Gasteiger partial charge in [0.15, 0.2) is 11.8 Å². The van der Waals surface area contributed by atoms with E-state index in [9.17, 15) is 0 Å². The molecule has 5 aliphatic rings. The standard InChI is InChI=1S/C30H40ClN2/c1-32-26(18-14-22-8-3-5-12-28(22)32)20-16-24-10-7-11-25(30(24)31)17-21-27-19-15-23-9-4-6-13-29(23)33(27)2/h14-23,28-29H,3-13H2,1-2H3/q+1. The van der Waals surface area contributed by atoms with Crippen molar-refractivity contribution in [1.29, 1.82) is 0 Å². The number of rotatable bonds is 3. The lowest BCUT2D eigenvalue weighted by atomic mass is 9.81.